The fourth-order valence-electron chi connectivity index (χ4n) is 2.10. The Balaban J connectivity index is 1.70. The van der Waals surface area contributed by atoms with Crippen molar-refractivity contribution >= 4 is 17.5 Å². The smallest absolute Gasteiger partial charge is 0.411 e. The Morgan fingerprint density at radius 1 is 1.29 bits per heavy atom. The van der Waals surface area contributed by atoms with Gasteiger partial charge in [-0.05, 0) is 24.1 Å². The van der Waals surface area contributed by atoms with Crippen LogP contribution in [0.4, 0.5) is 13.2 Å². The molecule has 0 unspecified atom stereocenters. The summed E-state index contributed by atoms with van der Waals surface area (Å²) >= 11 is 6.11. The Labute approximate surface area is 142 Å². The van der Waals surface area contributed by atoms with Crippen LogP contribution in [0.25, 0.3) is 0 Å². The van der Waals surface area contributed by atoms with Crippen LogP contribution in [0.1, 0.15) is 12.0 Å². The number of hydrogen-bond donors (Lipinski definition) is 1. The van der Waals surface area contributed by atoms with E-state index in [2.05, 4.69) is 10.1 Å². The van der Waals surface area contributed by atoms with Gasteiger partial charge in [-0.2, -0.15) is 13.2 Å². The molecule has 9 heteroatoms. The highest BCUT2D eigenvalue weighted by molar-refractivity contribution is 6.32. The molecule has 0 radical (unpaired) electrons. The minimum absolute atomic E-state index is 0.127. The lowest BCUT2D eigenvalue weighted by atomic mass is 10.1. The minimum atomic E-state index is -4.38. The minimum Gasteiger partial charge on any atom is -0.486 e. The van der Waals surface area contributed by atoms with Crippen LogP contribution in [0.5, 0.6) is 11.5 Å². The number of benzene rings is 1. The molecular formula is C15H17ClF3NO4. The quantitative estimate of drug-likeness (QED) is 0.753. The number of carbonyl (C=O) groups is 1. The van der Waals surface area contributed by atoms with E-state index in [4.69, 9.17) is 21.1 Å². The second-order valence-corrected chi connectivity index (χ2v) is 5.53. The third-order valence-corrected chi connectivity index (χ3v) is 3.41. The van der Waals surface area contributed by atoms with Crippen molar-refractivity contribution in [2.45, 2.75) is 19.0 Å². The Bertz CT molecular complexity index is 581. The number of fused-ring (bicyclic) bond motifs is 1. The number of hydrogen-bond acceptors (Lipinski definition) is 4. The SMILES string of the molecule is O=C(CCOCC(F)(F)F)NCCc1cc(Cl)c2c(c1)OCCO2. The predicted molar refractivity (Wildman–Crippen MR) is 80.6 cm³/mol. The van der Waals surface area contributed by atoms with Crippen LogP contribution in [0, 0.1) is 0 Å². The van der Waals surface area contributed by atoms with Crippen molar-refractivity contribution in [1.82, 2.24) is 5.32 Å². The van der Waals surface area contributed by atoms with Gasteiger partial charge in [-0.3, -0.25) is 4.79 Å². The van der Waals surface area contributed by atoms with Crippen molar-refractivity contribution < 1.29 is 32.2 Å². The van der Waals surface area contributed by atoms with Crippen LogP contribution in [0.15, 0.2) is 12.1 Å². The fraction of sp³-hybridized carbons (Fsp3) is 0.533. The number of halogens is 4. The van der Waals surface area contributed by atoms with Gasteiger partial charge in [0.25, 0.3) is 0 Å². The van der Waals surface area contributed by atoms with Gasteiger partial charge >= 0.3 is 6.18 Å². The highest BCUT2D eigenvalue weighted by Gasteiger charge is 2.27. The molecule has 1 heterocycles. The molecule has 0 atom stereocenters. The molecule has 1 N–H and O–H groups in total. The monoisotopic (exact) mass is 367 g/mol. The lowest BCUT2D eigenvalue weighted by molar-refractivity contribution is -0.174. The van der Waals surface area contributed by atoms with Crippen LogP contribution in [-0.4, -0.2) is 45.1 Å². The molecule has 1 aromatic rings. The normalized spacial score (nSPS) is 13.7. The molecule has 0 spiro atoms. The summed E-state index contributed by atoms with van der Waals surface area (Å²) in [6.07, 6.45) is -4.00. The van der Waals surface area contributed by atoms with Gasteiger partial charge in [0.2, 0.25) is 5.91 Å². The maximum absolute atomic E-state index is 11.9. The number of nitrogens with one attached hydrogen (secondary N) is 1. The molecule has 0 saturated heterocycles. The second-order valence-electron chi connectivity index (χ2n) is 5.12. The van der Waals surface area contributed by atoms with E-state index >= 15 is 0 Å². The van der Waals surface area contributed by atoms with Gasteiger partial charge < -0.3 is 19.5 Å². The van der Waals surface area contributed by atoms with Crippen LogP contribution in [0.2, 0.25) is 5.02 Å². The van der Waals surface area contributed by atoms with Crippen LogP contribution in [-0.2, 0) is 16.0 Å². The highest BCUT2D eigenvalue weighted by atomic mass is 35.5. The topological polar surface area (TPSA) is 56.8 Å². The first-order valence-electron chi connectivity index (χ1n) is 7.34. The van der Waals surface area contributed by atoms with E-state index in [1.165, 1.54) is 0 Å². The van der Waals surface area contributed by atoms with E-state index in [1.54, 1.807) is 12.1 Å². The summed E-state index contributed by atoms with van der Waals surface area (Å²) < 4.78 is 50.9. The van der Waals surface area contributed by atoms with Gasteiger partial charge in [-0.15, -0.1) is 0 Å². The van der Waals surface area contributed by atoms with Gasteiger partial charge in [0.1, 0.15) is 19.8 Å². The summed E-state index contributed by atoms with van der Waals surface area (Å²) in [6, 6.07) is 3.52. The van der Waals surface area contributed by atoms with Crippen molar-refractivity contribution in [1.29, 1.82) is 0 Å². The summed E-state index contributed by atoms with van der Waals surface area (Å²) in [5.41, 5.74) is 0.859. The van der Waals surface area contributed by atoms with Gasteiger partial charge in [0.05, 0.1) is 11.6 Å². The van der Waals surface area contributed by atoms with E-state index in [0.717, 1.165) is 5.56 Å². The maximum Gasteiger partial charge on any atom is 0.411 e. The number of rotatable bonds is 7. The Hall–Kier alpha value is -1.67. The summed E-state index contributed by atoms with van der Waals surface area (Å²) in [5.74, 6) is 0.703. The Morgan fingerprint density at radius 3 is 2.79 bits per heavy atom. The van der Waals surface area contributed by atoms with E-state index in [9.17, 15) is 18.0 Å². The van der Waals surface area contributed by atoms with Crippen molar-refractivity contribution in [3.8, 4) is 11.5 Å². The molecule has 5 nitrogen and oxygen atoms in total. The van der Waals surface area contributed by atoms with Gasteiger partial charge in [-0.1, -0.05) is 11.6 Å². The number of alkyl halides is 3. The van der Waals surface area contributed by atoms with Crippen molar-refractivity contribution in [3.05, 3.63) is 22.7 Å². The van der Waals surface area contributed by atoms with E-state index < -0.39 is 12.8 Å². The first-order valence-corrected chi connectivity index (χ1v) is 7.72. The van der Waals surface area contributed by atoms with E-state index in [0.29, 0.717) is 42.7 Å². The average molecular weight is 368 g/mol. The maximum atomic E-state index is 11.9. The largest absolute Gasteiger partial charge is 0.486 e. The first kappa shape index (κ1) is 18.7. The van der Waals surface area contributed by atoms with Crippen LogP contribution in [0.3, 0.4) is 0 Å². The van der Waals surface area contributed by atoms with Crippen LogP contribution >= 0.6 is 11.6 Å². The first-order chi connectivity index (χ1) is 11.3. The summed E-state index contributed by atoms with van der Waals surface area (Å²) in [4.78, 5) is 11.5. The molecule has 0 saturated carbocycles. The molecule has 2 rings (SSSR count). The third-order valence-electron chi connectivity index (χ3n) is 3.13. The van der Waals surface area contributed by atoms with Gasteiger partial charge in [-0.25, -0.2) is 0 Å². The molecule has 0 bridgehead atoms. The van der Waals surface area contributed by atoms with E-state index in [1.807, 2.05) is 0 Å². The molecule has 24 heavy (non-hydrogen) atoms. The standard InChI is InChI=1S/C15H17ClF3NO4/c16-11-7-10(8-12-14(11)24-6-5-23-12)1-3-20-13(21)2-4-22-9-15(17,18)19/h7-8H,1-6,9H2,(H,20,21). The molecule has 0 aromatic heterocycles. The Morgan fingerprint density at radius 2 is 2.04 bits per heavy atom. The third kappa shape index (κ3) is 6.09. The second kappa shape index (κ2) is 8.43. The molecule has 1 aromatic carbocycles. The zero-order valence-electron chi connectivity index (χ0n) is 12.7. The molecule has 1 amide bonds. The zero-order valence-corrected chi connectivity index (χ0v) is 13.5. The molecule has 134 valence electrons. The van der Waals surface area contributed by atoms with Crippen molar-refractivity contribution in [2.75, 3.05) is 33.0 Å². The fourth-order valence-corrected chi connectivity index (χ4v) is 2.38. The van der Waals surface area contributed by atoms with E-state index in [-0.39, 0.29) is 18.9 Å². The average Bonchev–Trinajstić information content (AvgIpc) is 2.51. The zero-order chi connectivity index (χ0) is 17.6. The number of carbonyl (C=O) groups excluding carboxylic acids is 1. The number of amides is 1. The molecule has 0 aliphatic carbocycles. The summed E-state index contributed by atoms with van der Waals surface area (Å²) in [5, 5.41) is 3.05. The van der Waals surface area contributed by atoms with Crippen molar-refractivity contribution in [2.24, 2.45) is 0 Å². The van der Waals surface area contributed by atoms with Crippen LogP contribution < -0.4 is 14.8 Å². The predicted octanol–water partition coefficient (Wildman–Crippen LogP) is 2.74. The summed E-state index contributed by atoms with van der Waals surface area (Å²) in [6.45, 7) is -0.411. The lowest BCUT2D eigenvalue weighted by Gasteiger charge is -2.20. The van der Waals surface area contributed by atoms with Crippen molar-refractivity contribution in [3.63, 3.8) is 0 Å². The number of ether oxygens (including phenoxy) is 3. The molecule has 0 fully saturated rings. The molecular weight excluding hydrogens is 351 g/mol. The molecule has 1 aliphatic rings. The lowest BCUT2D eigenvalue weighted by Crippen LogP contribution is -2.27. The van der Waals surface area contributed by atoms with Gasteiger partial charge in [0, 0.05) is 13.0 Å². The Kier molecular flexibility index (Phi) is 6.56. The molecule has 1 aliphatic heterocycles. The summed E-state index contributed by atoms with van der Waals surface area (Å²) in [7, 11) is 0. The highest BCUT2D eigenvalue weighted by Crippen LogP contribution is 2.38. The van der Waals surface area contributed by atoms with Gasteiger partial charge in [0.15, 0.2) is 11.5 Å².